The van der Waals surface area contributed by atoms with Crippen molar-refractivity contribution in [3.05, 3.63) is 0 Å². The SMILES string of the molecule is [O]=[Bi]([I])([I])[I]. The summed E-state index contributed by atoms with van der Waals surface area (Å²) in [6.07, 6.45) is 0. The molecule has 0 radical (unpaired) electrons. The number of rotatable bonds is 0. The Morgan fingerprint density at radius 2 is 1.20 bits per heavy atom. The molecule has 0 rings (SSSR count). The summed E-state index contributed by atoms with van der Waals surface area (Å²) in [6, 6.07) is 0. The Hall–Kier alpha value is 2.87. The van der Waals surface area contributed by atoms with E-state index in [1.807, 2.05) is 54.1 Å². The minimum absolute atomic E-state index is 2.01. The molecule has 0 saturated heterocycles. The minimum atomic E-state index is -2.56. The average Bonchev–Trinajstić information content (AvgIpc) is 0.722. The summed E-state index contributed by atoms with van der Waals surface area (Å²) in [6.45, 7) is 0. The van der Waals surface area contributed by atoms with Crippen molar-refractivity contribution in [1.82, 2.24) is 0 Å². The number of hydrogen-bond acceptors (Lipinski definition) is 1. The molecule has 0 fully saturated rings. The van der Waals surface area contributed by atoms with Crippen LogP contribution in [0.1, 0.15) is 0 Å². The van der Waals surface area contributed by atoms with Crippen LogP contribution in [0.4, 0.5) is 0 Å². The molecule has 0 bridgehead atoms. The molecule has 0 aliphatic rings. The van der Waals surface area contributed by atoms with Gasteiger partial charge in [0.05, 0.1) is 0 Å². The normalized spacial score (nSPS) is 11.8. The van der Waals surface area contributed by atoms with E-state index in [1.54, 1.807) is 0 Å². The van der Waals surface area contributed by atoms with Crippen LogP contribution >= 0.6 is 54.1 Å². The first-order valence-electron chi connectivity index (χ1n) is 0.690. The summed E-state index contributed by atoms with van der Waals surface area (Å²) in [5.74, 6) is 0. The van der Waals surface area contributed by atoms with Crippen molar-refractivity contribution >= 4 is 61.8 Å². The summed E-state index contributed by atoms with van der Waals surface area (Å²) in [5.41, 5.74) is 0. The average molecular weight is 606 g/mol. The Morgan fingerprint density at radius 3 is 1.20 bits per heavy atom. The third kappa shape index (κ3) is 19.8. The summed E-state index contributed by atoms with van der Waals surface area (Å²) in [4.78, 5) is 0. The molecule has 0 heterocycles. The molecule has 0 atom stereocenters. The molecule has 0 amide bonds. The van der Waals surface area contributed by atoms with E-state index < -0.39 is 7.70 Å². The third-order valence-electron chi connectivity index (χ3n) is 0. The fourth-order valence-electron chi connectivity index (χ4n) is 0. The van der Waals surface area contributed by atoms with Crippen LogP contribution in [-0.4, -0.2) is 7.70 Å². The monoisotopic (exact) mass is 606 g/mol. The molecule has 0 aliphatic heterocycles. The van der Waals surface area contributed by atoms with E-state index in [-0.39, 0.29) is 0 Å². The quantitative estimate of drug-likeness (QED) is 0.306. The fourth-order valence-corrected chi connectivity index (χ4v) is 0. The third-order valence-corrected chi connectivity index (χ3v) is 0. The molecular weight excluding hydrogens is 606 g/mol. The van der Waals surface area contributed by atoms with Gasteiger partial charge in [-0.3, -0.25) is 0 Å². The van der Waals surface area contributed by atoms with Crippen LogP contribution in [0, 0.1) is 0 Å². The van der Waals surface area contributed by atoms with E-state index in [9.17, 15) is 2.81 Å². The van der Waals surface area contributed by atoms with Crippen molar-refractivity contribution < 1.29 is 2.81 Å². The maximum absolute atomic E-state index is 10.3. The zero-order chi connectivity index (χ0) is 4.50. The van der Waals surface area contributed by atoms with E-state index in [1.165, 1.54) is 0 Å². The van der Waals surface area contributed by atoms with Gasteiger partial charge in [0.2, 0.25) is 0 Å². The number of halogens is 3. The zero-order valence-corrected chi connectivity index (χ0v) is 11.9. The molecular formula is BiI3O. The standard InChI is InChI=1S/Bi.3HI.O/h;3*1H;/q+3;;;;/p-3. The van der Waals surface area contributed by atoms with Gasteiger partial charge in [0, 0.05) is 0 Å². The van der Waals surface area contributed by atoms with Crippen LogP contribution in [0.25, 0.3) is 0 Å². The molecule has 0 aromatic rings. The summed E-state index contributed by atoms with van der Waals surface area (Å²) < 4.78 is 10.3. The van der Waals surface area contributed by atoms with Crippen LogP contribution in [0.3, 0.4) is 0 Å². The molecule has 0 aromatic heterocycles. The van der Waals surface area contributed by atoms with E-state index in [0.29, 0.717) is 0 Å². The molecule has 1 nitrogen and oxygen atoms in total. The first-order valence-corrected chi connectivity index (χ1v) is 31.5. The van der Waals surface area contributed by atoms with Crippen LogP contribution < -0.4 is 0 Å². The zero-order valence-electron chi connectivity index (χ0n) is 1.99. The van der Waals surface area contributed by atoms with Gasteiger partial charge >= 0.3 is 64.6 Å². The predicted octanol–water partition coefficient (Wildman–Crippen LogP) is 2.16. The van der Waals surface area contributed by atoms with Crippen molar-refractivity contribution in [3.8, 4) is 0 Å². The van der Waals surface area contributed by atoms with Gasteiger partial charge in [-0.05, 0) is 0 Å². The van der Waals surface area contributed by atoms with Crippen LogP contribution in [-0.2, 0) is 2.81 Å². The summed E-state index contributed by atoms with van der Waals surface area (Å²) in [5, 5.41) is 0. The Labute approximate surface area is 62.6 Å². The van der Waals surface area contributed by atoms with E-state index in [0.717, 1.165) is 0 Å². The number of hydrogen-bond donors (Lipinski definition) is 0. The molecule has 0 aromatic carbocycles. The van der Waals surface area contributed by atoms with Gasteiger partial charge in [0.15, 0.2) is 0 Å². The summed E-state index contributed by atoms with van der Waals surface area (Å²) in [7, 11) is -2.56. The first-order chi connectivity index (χ1) is 2.00. The first kappa shape index (κ1) is 7.87. The van der Waals surface area contributed by atoms with Crippen LogP contribution in [0.15, 0.2) is 0 Å². The van der Waals surface area contributed by atoms with Gasteiger partial charge in [-0.1, -0.05) is 0 Å². The van der Waals surface area contributed by atoms with Gasteiger partial charge in [-0.25, -0.2) is 0 Å². The van der Waals surface area contributed by atoms with Crippen molar-refractivity contribution in [2.75, 3.05) is 0 Å². The second kappa shape index (κ2) is 3.01. The summed E-state index contributed by atoms with van der Waals surface area (Å²) >= 11 is 6.03. The van der Waals surface area contributed by atoms with Gasteiger partial charge in [0.1, 0.15) is 0 Å². The second-order valence-electron chi connectivity index (χ2n) is 0.399. The van der Waals surface area contributed by atoms with Gasteiger partial charge in [-0.15, -0.1) is 0 Å². The van der Waals surface area contributed by atoms with E-state index in [2.05, 4.69) is 0 Å². The molecule has 0 unspecified atom stereocenters. The molecule has 5 heavy (non-hydrogen) atoms. The second-order valence-corrected chi connectivity index (χ2v) is 87.9. The fraction of sp³-hybridized carbons (Fsp3) is 0. The molecule has 0 N–H and O–H groups in total. The van der Waals surface area contributed by atoms with Gasteiger partial charge in [-0.2, -0.15) is 0 Å². The maximum atomic E-state index is 10.3. The van der Waals surface area contributed by atoms with Crippen molar-refractivity contribution in [2.45, 2.75) is 0 Å². The van der Waals surface area contributed by atoms with Crippen molar-refractivity contribution in [3.63, 3.8) is 0 Å². The Kier molecular flexibility index (Phi) is 4.74. The van der Waals surface area contributed by atoms with E-state index in [4.69, 9.17) is 0 Å². The van der Waals surface area contributed by atoms with Crippen molar-refractivity contribution in [1.29, 1.82) is 0 Å². The van der Waals surface area contributed by atoms with Gasteiger partial charge in [0.25, 0.3) is 0 Å². The Bertz CT molecular complexity index is 53.0. The predicted molar refractivity (Wildman–Crippen MR) is 48.5 cm³/mol. The molecule has 0 aliphatic carbocycles. The Morgan fingerprint density at radius 1 is 1.20 bits per heavy atom. The van der Waals surface area contributed by atoms with Gasteiger partial charge < -0.3 is 0 Å². The van der Waals surface area contributed by atoms with E-state index >= 15 is 0 Å². The molecule has 0 saturated carbocycles. The molecule has 0 spiro atoms. The van der Waals surface area contributed by atoms with Crippen molar-refractivity contribution in [2.24, 2.45) is 0 Å². The molecule has 5 heteroatoms. The molecule has 32 valence electrons. The Balaban J connectivity index is 3.47. The van der Waals surface area contributed by atoms with Crippen LogP contribution in [0.5, 0.6) is 0 Å². The van der Waals surface area contributed by atoms with Crippen LogP contribution in [0.2, 0.25) is 0 Å². The topological polar surface area (TPSA) is 17.1 Å².